The first-order valence-electron chi connectivity index (χ1n) is 11.8. The number of hydrogen-bond acceptors (Lipinski definition) is 5. The fraction of sp³-hybridized carbons (Fsp3) is 0.556. The first-order valence-corrected chi connectivity index (χ1v) is 11.8. The van der Waals surface area contributed by atoms with Crippen molar-refractivity contribution in [3.8, 4) is 5.75 Å². The van der Waals surface area contributed by atoms with Gasteiger partial charge in [-0.25, -0.2) is 4.79 Å². The van der Waals surface area contributed by atoms with E-state index in [-0.39, 0.29) is 23.2 Å². The molecular weight excluding hydrogens is 402 g/mol. The Morgan fingerprint density at radius 2 is 2.06 bits per heavy atom. The van der Waals surface area contributed by atoms with Gasteiger partial charge in [0.05, 0.1) is 19.1 Å². The fourth-order valence-corrected chi connectivity index (χ4v) is 6.33. The zero-order valence-corrected chi connectivity index (χ0v) is 19.9. The van der Waals surface area contributed by atoms with E-state index < -0.39 is 11.4 Å². The molecule has 0 unspecified atom stereocenters. The number of hydrogen-bond donors (Lipinski definition) is 1. The topological polar surface area (TPSA) is 64.6 Å². The maximum absolute atomic E-state index is 14.1. The molecule has 3 aliphatic rings. The van der Waals surface area contributed by atoms with E-state index in [2.05, 4.69) is 38.2 Å². The number of Topliss-reactive ketones (excluding diaryl/α,β-unsaturated/α-hetero) is 1. The van der Waals surface area contributed by atoms with Crippen molar-refractivity contribution in [2.75, 3.05) is 13.7 Å². The number of ether oxygens (including phenoxy) is 2. The Labute approximate surface area is 191 Å². The van der Waals surface area contributed by atoms with Gasteiger partial charge in [0.1, 0.15) is 11.5 Å². The molecule has 2 fully saturated rings. The zero-order chi connectivity index (χ0) is 23.1. The maximum atomic E-state index is 14.1. The van der Waals surface area contributed by atoms with Gasteiger partial charge in [-0.1, -0.05) is 42.2 Å². The summed E-state index contributed by atoms with van der Waals surface area (Å²) in [4.78, 5) is 26.5. The molecule has 5 heteroatoms. The average molecular weight is 438 g/mol. The average Bonchev–Trinajstić information content (AvgIpc) is 2.99. The van der Waals surface area contributed by atoms with E-state index in [9.17, 15) is 9.59 Å². The first-order chi connectivity index (χ1) is 15.2. The summed E-state index contributed by atoms with van der Waals surface area (Å²) in [5.41, 5.74) is 3.07. The molecule has 0 radical (unpaired) electrons. The molecular formula is C27H35NO4. The SMILES string of the molecule is CCOC(=O)/C=C1/N[C@]2(C)CCCC[C@@H]2[C@]12C=C(C)[C@H](c1cc(C)ccc1OC)CC2=O. The summed E-state index contributed by atoms with van der Waals surface area (Å²) in [6.07, 6.45) is 8.28. The summed E-state index contributed by atoms with van der Waals surface area (Å²) in [6, 6.07) is 6.13. The number of benzene rings is 1. The lowest BCUT2D eigenvalue weighted by atomic mass is 9.57. The Balaban J connectivity index is 1.84. The third-order valence-electron chi connectivity index (χ3n) is 7.79. The molecule has 1 saturated carbocycles. The standard InChI is InChI=1S/C27H35NO4/c1-6-32-25(30)15-23-27(22-9-7-8-12-26(22,4)28-23)16-18(3)19(14-24(27)29)20-13-17(2)10-11-21(20)31-5/h10-11,13,15-16,19,22,28H,6-9,12,14H2,1-5H3/b23-15+/t19-,22+,26-,27-/m1/s1. The van der Waals surface area contributed by atoms with Crippen molar-refractivity contribution in [3.05, 3.63) is 52.7 Å². The zero-order valence-electron chi connectivity index (χ0n) is 19.9. The molecule has 5 nitrogen and oxygen atoms in total. The highest BCUT2D eigenvalue weighted by Crippen LogP contribution is 2.59. The van der Waals surface area contributed by atoms with Gasteiger partial charge in [-0.3, -0.25) is 4.79 Å². The van der Waals surface area contributed by atoms with Crippen molar-refractivity contribution in [1.82, 2.24) is 5.32 Å². The number of nitrogens with one attached hydrogen (secondary N) is 1. The van der Waals surface area contributed by atoms with Crippen LogP contribution in [0.3, 0.4) is 0 Å². The molecule has 4 rings (SSSR count). The predicted octanol–water partition coefficient (Wildman–Crippen LogP) is 4.99. The van der Waals surface area contributed by atoms with Crippen LogP contribution in [0.25, 0.3) is 0 Å². The summed E-state index contributed by atoms with van der Waals surface area (Å²) < 4.78 is 10.8. The molecule has 1 spiro atoms. The van der Waals surface area contributed by atoms with Crippen LogP contribution in [0.5, 0.6) is 5.75 Å². The van der Waals surface area contributed by atoms with Crippen LogP contribution in [0.2, 0.25) is 0 Å². The monoisotopic (exact) mass is 437 g/mol. The molecule has 4 atom stereocenters. The van der Waals surface area contributed by atoms with Crippen LogP contribution < -0.4 is 10.1 Å². The molecule has 1 aromatic rings. The van der Waals surface area contributed by atoms with Gasteiger partial charge >= 0.3 is 5.97 Å². The number of esters is 1. The molecule has 1 heterocycles. The van der Waals surface area contributed by atoms with Gasteiger partial charge in [0, 0.05) is 41.1 Å². The molecule has 0 aromatic heterocycles. The molecule has 1 N–H and O–H groups in total. The molecule has 0 amide bonds. The third kappa shape index (κ3) is 3.56. The Kier molecular flexibility index (Phi) is 5.95. The number of fused-ring (bicyclic) bond motifs is 2. The van der Waals surface area contributed by atoms with Crippen molar-refractivity contribution in [2.24, 2.45) is 11.3 Å². The van der Waals surface area contributed by atoms with Crippen LogP contribution in [0.1, 0.15) is 69.9 Å². The van der Waals surface area contributed by atoms with E-state index in [0.29, 0.717) is 18.7 Å². The lowest BCUT2D eigenvalue weighted by Crippen LogP contribution is -2.48. The highest BCUT2D eigenvalue weighted by molar-refractivity contribution is 5.96. The molecule has 1 saturated heterocycles. The lowest BCUT2D eigenvalue weighted by Gasteiger charge is -2.43. The number of carbonyl (C=O) groups excluding carboxylic acids is 2. The van der Waals surface area contributed by atoms with Crippen LogP contribution in [0, 0.1) is 18.3 Å². The second-order valence-electron chi connectivity index (χ2n) is 9.83. The number of methoxy groups -OCH3 is 1. The van der Waals surface area contributed by atoms with Gasteiger partial charge < -0.3 is 14.8 Å². The van der Waals surface area contributed by atoms with E-state index in [1.54, 1.807) is 14.0 Å². The Morgan fingerprint density at radius 1 is 1.28 bits per heavy atom. The molecule has 0 bridgehead atoms. The van der Waals surface area contributed by atoms with Crippen LogP contribution in [-0.2, 0) is 14.3 Å². The van der Waals surface area contributed by atoms with E-state index in [0.717, 1.165) is 48.1 Å². The quantitative estimate of drug-likeness (QED) is 0.408. The highest BCUT2D eigenvalue weighted by Gasteiger charge is 2.62. The third-order valence-corrected chi connectivity index (χ3v) is 7.79. The van der Waals surface area contributed by atoms with Crippen LogP contribution in [0.4, 0.5) is 0 Å². The minimum absolute atomic E-state index is 0.0257. The van der Waals surface area contributed by atoms with Gasteiger partial charge in [0.2, 0.25) is 0 Å². The summed E-state index contributed by atoms with van der Waals surface area (Å²) >= 11 is 0. The fourth-order valence-electron chi connectivity index (χ4n) is 6.33. The van der Waals surface area contributed by atoms with Gasteiger partial charge in [-0.15, -0.1) is 0 Å². The molecule has 32 heavy (non-hydrogen) atoms. The normalized spacial score (nSPS) is 33.0. The molecule has 172 valence electrons. The number of ketones is 1. The summed E-state index contributed by atoms with van der Waals surface area (Å²) in [6.45, 7) is 8.49. The van der Waals surface area contributed by atoms with Gasteiger partial charge in [-0.05, 0) is 46.6 Å². The summed E-state index contributed by atoms with van der Waals surface area (Å²) in [7, 11) is 1.67. The van der Waals surface area contributed by atoms with Crippen LogP contribution >= 0.6 is 0 Å². The van der Waals surface area contributed by atoms with Crippen molar-refractivity contribution >= 4 is 11.8 Å². The van der Waals surface area contributed by atoms with Crippen LogP contribution in [-0.4, -0.2) is 31.0 Å². The van der Waals surface area contributed by atoms with Crippen molar-refractivity contribution in [3.63, 3.8) is 0 Å². The van der Waals surface area contributed by atoms with Gasteiger partial charge in [0.15, 0.2) is 0 Å². The second-order valence-corrected chi connectivity index (χ2v) is 9.83. The van der Waals surface area contributed by atoms with E-state index in [1.165, 1.54) is 6.08 Å². The number of carbonyl (C=O) groups is 2. The van der Waals surface area contributed by atoms with E-state index in [4.69, 9.17) is 9.47 Å². The lowest BCUT2D eigenvalue weighted by molar-refractivity contribution is -0.137. The number of aryl methyl sites for hydroxylation is 1. The smallest absolute Gasteiger partial charge is 0.332 e. The maximum Gasteiger partial charge on any atom is 0.332 e. The first kappa shape index (κ1) is 22.6. The number of rotatable bonds is 4. The Morgan fingerprint density at radius 3 is 2.78 bits per heavy atom. The summed E-state index contributed by atoms with van der Waals surface area (Å²) in [5.74, 6) is 0.703. The Bertz CT molecular complexity index is 993. The molecule has 1 aromatic carbocycles. The van der Waals surface area contributed by atoms with Crippen LogP contribution in [0.15, 0.2) is 41.6 Å². The van der Waals surface area contributed by atoms with Gasteiger partial charge in [-0.2, -0.15) is 0 Å². The Hall–Kier alpha value is -2.56. The van der Waals surface area contributed by atoms with E-state index in [1.807, 2.05) is 12.1 Å². The van der Waals surface area contributed by atoms with E-state index >= 15 is 0 Å². The minimum atomic E-state index is -0.792. The number of allylic oxidation sites excluding steroid dienone is 2. The van der Waals surface area contributed by atoms with Crippen molar-refractivity contribution in [2.45, 2.75) is 71.3 Å². The van der Waals surface area contributed by atoms with Gasteiger partial charge in [0.25, 0.3) is 0 Å². The second kappa shape index (κ2) is 8.42. The van der Waals surface area contributed by atoms with Crippen molar-refractivity contribution < 1.29 is 19.1 Å². The minimum Gasteiger partial charge on any atom is -0.496 e. The van der Waals surface area contributed by atoms with Crippen molar-refractivity contribution in [1.29, 1.82) is 0 Å². The molecule has 2 aliphatic carbocycles. The predicted molar refractivity (Wildman–Crippen MR) is 125 cm³/mol. The molecule has 1 aliphatic heterocycles. The summed E-state index contributed by atoms with van der Waals surface area (Å²) in [5, 5.41) is 3.63. The highest BCUT2D eigenvalue weighted by atomic mass is 16.5. The largest absolute Gasteiger partial charge is 0.496 e.